The first-order chi connectivity index (χ1) is 11.1. The van der Waals surface area contributed by atoms with E-state index in [4.69, 9.17) is 0 Å². The highest BCUT2D eigenvalue weighted by Gasteiger charge is 2.31. The summed E-state index contributed by atoms with van der Waals surface area (Å²) in [5, 5.41) is 2.80. The van der Waals surface area contributed by atoms with Gasteiger partial charge in [-0.15, -0.1) is 13.2 Å². The molecule has 0 spiro atoms. The van der Waals surface area contributed by atoms with Crippen molar-refractivity contribution in [2.45, 2.75) is 32.5 Å². The molecule has 2 rings (SSSR count). The maximum absolute atomic E-state index is 12.3. The van der Waals surface area contributed by atoms with E-state index in [1.807, 2.05) is 39.0 Å². The van der Waals surface area contributed by atoms with E-state index in [0.29, 0.717) is 5.69 Å². The van der Waals surface area contributed by atoms with Gasteiger partial charge in [-0.25, -0.2) is 0 Å². The number of anilines is 1. The molecule has 3 nitrogen and oxygen atoms in total. The largest absolute Gasteiger partial charge is 0.573 e. The lowest BCUT2D eigenvalue weighted by Gasteiger charge is -2.23. The molecule has 0 fully saturated rings. The van der Waals surface area contributed by atoms with E-state index in [0.717, 1.165) is 17.7 Å². The van der Waals surface area contributed by atoms with Crippen LogP contribution in [0, 0.1) is 0 Å². The van der Waals surface area contributed by atoms with Crippen molar-refractivity contribution in [3.8, 4) is 5.75 Å². The van der Waals surface area contributed by atoms with Gasteiger partial charge < -0.3 is 10.1 Å². The van der Waals surface area contributed by atoms with Crippen LogP contribution in [0.3, 0.4) is 0 Å². The lowest BCUT2D eigenvalue weighted by Crippen LogP contribution is -2.19. The summed E-state index contributed by atoms with van der Waals surface area (Å²) in [7, 11) is 0. The molecule has 0 atom stereocenters. The monoisotopic (exact) mass is 337 g/mol. The van der Waals surface area contributed by atoms with Crippen molar-refractivity contribution in [1.82, 2.24) is 0 Å². The Morgan fingerprint density at radius 2 is 1.54 bits per heavy atom. The maximum atomic E-state index is 12.3. The molecule has 0 bridgehead atoms. The van der Waals surface area contributed by atoms with Crippen molar-refractivity contribution in [2.75, 3.05) is 5.32 Å². The Morgan fingerprint density at radius 3 is 2.08 bits per heavy atom. The van der Waals surface area contributed by atoms with Crippen LogP contribution in [0.4, 0.5) is 18.9 Å². The second kappa shape index (κ2) is 6.55. The van der Waals surface area contributed by atoms with Gasteiger partial charge in [0.15, 0.2) is 0 Å². The quantitative estimate of drug-likeness (QED) is 0.843. The van der Waals surface area contributed by atoms with Crippen LogP contribution in [-0.2, 0) is 5.41 Å². The normalized spacial score (nSPS) is 11.9. The Balaban J connectivity index is 2.17. The molecule has 0 saturated heterocycles. The van der Waals surface area contributed by atoms with Gasteiger partial charge in [0.05, 0.1) is 0 Å². The molecule has 0 aliphatic heterocycles. The van der Waals surface area contributed by atoms with Crippen molar-refractivity contribution < 1.29 is 22.7 Å². The highest BCUT2D eigenvalue weighted by atomic mass is 19.4. The van der Waals surface area contributed by atoms with Crippen LogP contribution in [0.5, 0.6) is 5.75 Å². The molecule has 0 radical (unpaired) electrons. The number of alkyl halides is 3. The average molecular weight is 337 g/mol. The number of para-hydroxylation sites is 1. The third kappa shape index (κ3) is 4.75. The summed E-state index contributed by atoms with van der Waals surface area (Å²) in [5.74, 6) is -0.764. The average Bonchev–Trinajstić information content (AvgIpc) is 2.45. The summed E-state index contributed by atoms with van der Waals surface area (Å²) in [6.07, 6.45) is -4.75. The number of hydrogen-bond donors (Lipinski definition) is 1. The fraction of sp³-hybridized carbons (Fsp3) is 0.278. The zero-order valence-electron chi connectivity index (χ0n) is 13.6. The minimum Gasteiger partial charge on any atom is -0.406 e. The fourth-order valence-corrected chi connectivity index (χ4v) is 2.25. The molecule has 6 heteroatoms. The van der Waals surface area contributed by atoms with E-state index < -0.39 is 12.3 Å². The van der Waals surface area contributed by atoms with E-state index in [9.17, 15) is 18.0 Å². The molecule has 0 aliphatic rings. The first-order valence-electron chi connectivity index (χ1n) is 7.33. The summed E-state index contributed by atoms with van der Waals surface area (Å²) in [5.41, 5.74) is 1.73. The van der Waals surface area contributed by atoms with Crippen LogP contribution in [0.15, 0.2) is 48.5 Å². The van der Waals surface area contributed by atoms with Crippen molar-refractivity contribution in [3.05, 3.63) is 59.7 Å². The van der Waals surface area contributed by atoms with Crippen LogP contribution in [0.2, 0.25) is 0 Å². The van der Waals surface area contributed by atoms with Gasteiger partial charge in [0.2, 0.25) is 0 Å². The van der Waals surface area contributed by atoms with E-state index in [1.165, 1.54) is 12.1 Å². The molecule has 0 aromatic heterocycles. The first kappa shape index (κ1) is 17.8. The zero-order chi connectivity index (χ0) is 18.0. The molecule has 1 N–H and O–H groups in total. The Hall–Kier alpha value is -2.50. The molecular formula is C18H18F3NO2. The molecule has 0 saturated carbocycles. The molecule has 128 valence electrons. The van der Waals surface area contributed by atoms with E-state index in [1.54, 1.807) is 6.07 Å². The molecule has 2 aromatic carbocycles. The third-order valence-corrected chi connectivity index (χ3v) is 3.33. The molecule has 0 unspecified atom stereocenters. The van der Waals surface area contributed by atoms with Crippen molar-refractivity contribution in [2.24, 2.45) is 0 Å². The van der Waals surface area contributed by atoms with Crippen molar-refractivity contribution >= 4 is 11.6 Å². The SMILES string of the molecule is CC(C)(C)c1ccccc1NC(=O)c1ccc(OC(F)(F)F)cc1. The second-order valence-corrected chi connectivity index (χ2v) is 6.32. The van der Waals surface area contributed by atoms with Gasteiger partial charge in [0, 0.05) is 11.3 Å². The number of ether oxygens (including phenoxy) is 1. The predicted molar refractivity (Wildman–Crippen MR) is 86.2 cm³/mol. The van der Waals surface area contributed by atoms with Crippen LogP contribution in [0.1, 0.15) is 36.7 Å². The van der Waals surface area contributed by atoms with Crippen LogP contribution >= 0.6 is 0 Å². The van der Waals surface area contributed by atoms with Crippen molar-refractivity contribution in [3.63, 3.8) is 0 Å². The number of amides is 1. The van der Waals surface area contributed by atoms with Crippen molar-refractivity contribution in [1.29, 1.82) is 0 Å². The Bertz CT molecular complexity index is 716. The van der Waals surface area contributed by atoms with Crippen LogP contribution in [0.25, 0.3) is 0 Å². The predicted octanol–water partition coefficient (Wildman–Crippen LogP) is 5.14. The number of benzene rings is 2. The van der Waals surface area contributed by atoms with E-state index in [2.05, 4.69) is 10.1 Å². The topological polar surface area (TPSA) is 38.3 Å². The van der Waals surface area contributed by atoms with Gasteiger partial charge in [-0.05, 0) is 41.3 Å². The molecule has 0 aliphatic carbocycles. The minimum atomic E-state index is -4.75. The molecule has 2 aromatic rings. The van der Waals surface area contributed by atoms with E-state index in [-0.39, 0.29) is 16.7 Å². The summed E-state index contributed by atoms with van der Waals surface area (Å²) >= 11 is 0. The number of rotatable bonds is 3. The van der Waals surface area contributed by atoms with Crippen LogP contribution < -0.4 is 10.1 Å². The van der Waals surface area contributed by atoms with Gasteiger partial charge in [0.1, 0.15) is 5.75 Å². The third-order valence-electron chi connectivity index (χ3n) is 3.33. The summed E-state index contributed by atoms with van der Waals surface area (Å²) in [6, 6.07) is 12.2. The standard InChI is InChI=1S/C18H18F3NO2/c1-17(2,3)14-6-4-5-7-15(14)22-16(23)12-8-10-13(11-9-12)24-18(19,20)21/h4-11H,1-3H3,(H,22,23). The minimum absolute atomic E-state index is 0.158. The molecule has 0 heterocycles. The summed E-state index contributed by atoms with van der Waals surface area (Å²) < 4.78 is 40.2. The maximum Gasteiger partial charge on any atom is 0.573 e. The number of carbonyl (C=O) groups excluding carboxylic acids is 1. The first-order valence-corrected chi connectivity index (χ1v) is 7.33. The lowest BCUT2D eigenvalue weighted by molar-refractivity contribution is -0.274. The summed E-state index contributed by atoms with van der Waals surface area (Å²) in [6.45, 7) is 6.09. The van der Waals surface area contributed by atoms with Gasteiger partial charge in [-0.3, -0.25) is 4.79 Å². The number of hydrogen-bond acceptors (Lipinski definition) is 2. The Morgan fingerprint density at radius 1 is 0.958 bits per heavy atom. The fourth-order valence-electron chi connectivity index (χ4n) is 2.25. The smallest absolute Gasteiger partial charge is 0.406 e. The van der Waals surface area contributed by atoms with Crippen LogP contribution in [-0.4, -0.2) is 12.3 Å². The highest BCUT2D eigenvalue weighted by molar-refractivity contribution is 6.04. The second-order valence-electron chi connectivity index (χ2n) is 6.32. The van der Waals surface area contributed by atoms with E-state index >= 15 is 0 Å². The zero-order valence-corrected chi connectivity index (χ0v) is 13.6. The number of halogens is 3. The van der Waals surface area contributed by atoms with Gasteiger partial charge in [-0.2, -0.15) is 0 Å². The summed E-state index contributed by atoms with van der Waals surface area (Å²) in [4.78, 5) is 12.3. The molecule has 1 amide bonds. The Labute approximate surface area is 138 Å². The number of nitrogens with one attached hydrogen (secondary N) is 1. The molecular weight excluding hydrogens is 319 g/mol. The highest BCUT2D eigenvalue weighted by Crippen LogP contribution is 2.29. The van der Waals surface area contributed by atoms with Gasteiger partial charge in [-0.1, -0.05) is 39.0 Å². The lowest BCUT2D eigenvalue weighted by atomic mass is 9.86. The van der Waals surface area contributed by atoms with Gasteiger partial charge in [0.25, 0.3) is 5.91 Å². The van der Waals surface area contributed by atoms with Gasteiger partial charge >= 0.3 is 6.36 Å². The molecule has 24 heavy (non-hydrogen) atoms. The Kier molecular flexibility index (Phi) is 4.87. The number of carbonyl (C=O) groups is 1.